The van der Waals surface area contributed by atoms with E-state index in [2.05, 4.69) is 113 Å². The van der Waals surface area contributed by atoms with Crippen LogP contribution in [0.2, 0.25) is 0 Å². The van der Waals surface area contributed by atoms with Gasteiger partial charge in [0.25, 0.3) is 0 Å². The highest BCUT2D eigenvalue weighted by Gasteiger charge is 2.51. The van der Waals surface area contributed by atoms with Crippen molar-refractivity contribution in [2.75, 3.05) is 0 Å². The lowest BCUT2D eigenvalue weighted by atomic mass is 9.78. The smallest absolute Gasteiger partial charge is 0.457 e. The van der Waals surface area contributed by atoms with Gasteiger partial charge in [0.1, 0.15) is 11.5 Å². The van der Waals surface area contributed by atoms with Crippen LogP contribution in [0, 0.1) is 0 Å². The fourth-order valence-corrected chi connectivity index (χ4v) is 5.09. The molecule has 0 radical (unpaired) electrons. The Balaban J connectivity index is 1.50. The molecule has 6 rings (SSSR count). The number of para-hydroxylation sites is 1. The SMILES string of the molecule is CC1(C)OB(c2ccc3c(c2)Oc2ccccc2Cc2ccccc2-c2ccccc2C3)OC1(C)C. The van der Waals surface area contributed by atoms with Crippen molar-refractivity contribution in [3.05, 3.63) is 113 Å². The topological polar surface area (TPSA) is 27.7 Å². The van der Waals surface area contributed by atoms with Crippen molar-refractivity contribution in [3.8, 4) is 22.6 Å². The predicted molar refractivity (Wildman–Crippen MR) is 146 cm³/mol. The molecule has 0 saturated carbocycles. The van der Waals surface area contributed by atoms with Gasteiger partial charge in [0.15, 0.2) is 0 Å². The molecule has 0 aliphatic carbocycles. The molecule has 4 heteroatoms. The van der Waals surface area contributed by atoms with Crippen molar-refractivity contribution in [2.45, 2.75) is 51.7 Å². The molecule has 3 nitrogen and oxygen atoms in total. The summed E-state index contributed by atoms with van der Waals surface area (Å²) in [5, 5.41) is 0. The summed E-state index contributed by atoms with van der Waals surface area (Å²) in [5.41, 5.74) is 7.60. The lowest BCUT2D eigenvalue weighted by Gasteiger charge is -2.32. The normalized spacial score (nSPS) is 17.6. The Hall–Kier alpha value is -3.34. The van der Waals surface area contributed by atoms with Crippen LogP contribution < -0.4 is 10.2 Å². The minimum Gasteiger partial charge on any atom is -0.457 e. The van der Waals surface area contributed by atoms with Gasteiger partial charge in [0, 0.05) is 12.8 Å². The second-order valence-corrected chi connectivity index (χ2v) is 10.8. The maximum absolute atomic E-state index is 6.70. The number of rotatable bonds is 1. The van der Waals surface area contributed by atoms with Gasteiger partial charge in [0.2, 0.25) is 0 Å². The van der Waals surface area contributed by atoms with Crippen LogP contribution in [0.4, 0.5) is 0 Å². The molecule has 0 bridgehead atoms. The second-order valence-electron chi connectivity index (χ2n) is 10.8. The van der Waals surface area contributed by atoms with Crippen LogP contribution >= 0.6 is 0 Å². The first-order valence-electron chi connectivity index (χ1n) is 12.7. The molecule has 2 aliphatic rings. The van der Waals surface area contributed by atoms with Crippen molar-refractivity contribution < 1.29 is 14.0 Å². The summed E-state index contributed by atoms with van der Waals surface area (Å²) >= 11 is 0. The third kappa shape index (κ3) is 4.05. The third-order valence-corrected chi connectivity index (χ3v) is 7.90. The number of benzene rings is 4. The first-order chi connectivity index (χ1) is 17.3. The van der Waals surface area contributed by atoms with E-state index in [9.17, 15) is 0 Å². The van der Waals surface area contributed by atoms with E-state index in [1.807, 2.05) is 6.07 Å². The molecule has 0 aromatic heterocycles. The van der Waals surface area contributed by atoms with Crippen LogP contribution in [0.1, 0.15) is 49.9 Å². The highest BCUT2D eigenvalue weighted by atomic mass is 16.7. The first-order valence-corrected chi connectivity index (χ1v) is 12.7. The van der Waals surface area contributed by atoms with Gasteiger partial charge in [-0.05, 0) is 78.7 Å². The summed E-state index contributed by atoms with van der Waals surface area (Å²) in [6.45, 7) is 8.33. The minimum atomic E-state index is -0.436. The van der Waals surface area contributed by atoms with E-state index in [0.717, 1.165) is 40.9 Å². The number of fused-ring (bicyclic) bond motifs is 5. The largest absolute Gasteiger partial charge is 0.494 e. The first kappa shape index (κ1) is 23.1. The molecule has 2 heterocycles. The Morgan fingerprint density at radius 1 is 0.556 bits per heavy atom. The van der Waals surface area contributed by atoms with Crippen LogP contribution in [-0.4, -0.2) is 18.3 Å². The van der Waals surface area contributed by atoms with Crippen molar-refractivity contribution in [3.63, 3.8) is 0 Å². The highest BCUT2D eigenvalue weighted by Crippen LogP contribution is 2.39. The zero-order valence-electron chi connectivity index (χ0n) is 21.4. The molecule has 1 fully saturated rings. The molecule has 0 atom stereocenters. The average Bonchev–Trinajstić information content (AvgIpc) is 3.07. The number of hydrogen-bond acceptors (Lipinski definition) is 3. The van der Waals surface area contributed by atoms with Gasteiger partial charge >= 0.3 is 7.12 Å². The Bertz CT molecular complexity index is 1420. The molecule has 0 unspecified atom stereocenters. The van der Waals surface area contributed by atoms with E-state index in [-0.39, 0.29) is 0 Å². The zero-order valence-corrected chi connectivity index (χ0v) is 21.4. The summed E-state index contributed by atoms with van der Waals surface area (Å²) in [5.74, 6) is 1.72. The fraction of sp³-hybridized carbons (Fsp3) is 0.250. The van der Waals surface area contributed by atoms with Crippen LogP contribution in [-0.2, 0) is 22.2 Å². The lowest BCUT2D eigenvalue weighted by Crippen LogP contribution is -2.41. The van der Waals surface area contributed by atoms with E-state index < -0.39 is 18.3 Å². The third-order valence-electron chi connectivity index (χ3n) is 7.90. The van der Waals surface area contributed by atoms with Crippen LogP contribution in [0.25, 0.3) is 11.1 Å². The van der Waals surface area contributed by atoms with Gasteiger partial charge in [-0.1, -0.05) is 78.9 Å². The van der Waals surface area contributed by atoms with Gasteiger partial charge in [-0.2, -0.15) is 0 Å². The van der Waals surface area contributed by atoms with Gasteiger partial charge in [-0.15, -0.1) is 0 Å². The van der Waals surface area contributed by atoms with E-state index >= 15 is 0 Å². The van der Waals surface area contributed by atoms with Crippen LogP contribution in [0.15, 0.2) is 91.0 Å². The quantitative estimate of drug-likeness (QED) is 0.246. The standard InChI is InChI=1S/C32H31BO3/c1-31(2)32(3,4)36-33(35-31)26-18-17-25-20-23-12-6-9-15-28(23)27-14-8-5-11-22(27)19-24-13-7-10-16-29(24)34-30(25)21-26/h5-18,21H,19-20H2,1-4H3. The summed E-state index contributed by atoms with van der Waals surface area (Å²) in [6.07, 6.45) is 1.57. The monoisotopic (exact) mass is 474 g/mol. The van der Waals surface area contributed by atoms with E-state index in [1.165, 1.54) is 22.3 Å². The van der Waals surface area contributed by atoms with Crippen molar-refractivity contribution in [1.82, 2.24) is 0 Å². The van der Waals surface area contributed by atoms with Crippen molar-refractivity contribution in [1.29, 1.82) is 0 Å². The summed E-state index contributed by atoms with van der Waals surface area (Å²) in [7, 11) is -0.436. The van der Waals surface area contributed by atoms with Crippen molar-refractivity contribution >= 4 is 12.6 Å². The summed E-state index contributed by atoms with van der Waals surface area (Å²) in [4.78, 5) is 0. The molecule has 1 saturated heterocycles. The van der Waals surface area contributed by atoms with Crippen LogP contribution in [0.5, 0.6) is 11.5 Å². The van der Waals surface area contributed by atoms with E-state index in [1.54, 1.807) is 0 Å². The molecular weight excluding hydrogens is 443 g/mol. The molecule has 2 aliphatic heterocycles. The molecule has 4 aromatic carbocycles. The predicted octanol–water partition coefficient (Wildman–Crippen LogP) is 6.94. The average molecular weight is 474 g/mol. The molecule has 4 aromatic rings. The molecule has 0 amide bonds. The Morgan fingerprint density at radius 3 is 1.67 bits per heavy atom. The fourth-order valence-electron chi connectivity index (χ4n) is 5.09. The molecule has 0 spiro atoms. The van der Waals surface area contributed by atoms with Gasteiger partial charge in [-0.3, -0.25) is 0 Å². The van der Waals surface area contributed by atoms with E-state index in [4.69, 9.17) is 14.0 Å². The molecule has 36 heavy (non-hydrogen) atoms. The van der Waals surface area contributed by atoms with Gasteiger partial charge in [0.05, 0.1) is 11.2 Å². The summed E-state index contributed by atoms with van der Waals surface area (Å²) < 4.78 is 19.4. The number of ether oxygens (including phenoxy) is 1. The van der Waals surface area contributed by atoms with Gasteiger partial charge in [-0.25, -0.2) is 0 Å². The Morgan fingerprint density at radius 2 is 1.06 bits per heavy atom. The van der Waals surface area contributed by atoms with Gasteiger partial charge < -0.3 is 14.0 Å². The maximum atomic E-state index is 6.70. The minimum absolute atomic E-state index is 0.395. The molecular formula is C32H31BO3. The zero-order chi connectivity index (χ0) is 24.9. The Kier molecular flexibility index (Phi) is 5.55. The molecule has 0 N–H and O–H groups in total. The van der Waals surface area contributed by atoms with Crippen molar-refractivity contribution in [2.24, 2.45) is 0 Å². The molecule has 180 valence electrons. The Labute approximate surface area is 214 Å². The highest BCUT2D eigenvalue weighted by molar-refractivity contribution is 6.62. The second kappa shape index (κ2) is 8.65. The maximum Gasteiger partial charge on any atom is 0.494 e. The van der Waals surface area contributed by atoms with Crippen LogP contribution in [0.3, 0.4) is 0 Å². The summed E-state index contributed by atoms with van der Waals surface area (Å²) in [6, 6.07) is 32.1. The lowest BCUT2D eigenvalue weighted by molar-refractivity contribution is 0.00578. The van der Waals surface area contributed by atoms with E-state index in [0.29, 0.717) is 0 Å². The number of hydrogen-bond donors (Lipinski definition) is 0.